The zero-order valence-electron chi connectivity index (χ0n) is 12.9. The molecule has 4 heteroatoms. The Balaban J connectivity index is 1.88. The summed E-state index contributed by atoms with van der Waals surface area (Å²) < 4.78 is 18.7. The number of hydrogen-bond acceptors (Lipinski definition) is 2. The van der Waals surface area contributed by atoms with E-state index >= 15 is 0 Å². The minimum Gasteiger partial charge on any atom is -0.489 e. The Labute approximate surface area is 136 Å². The highest BCUT2D eigenvalue weighted by Crippen LogP contribution is 2.20. The van der Waals surface area contributed by atoms with Crippen molar-refractivity contribution in [1.29, 1.82) is 0 Å². The molecule has 2 aromatic carbocycles. The Morgan fingerprint density at radius 3 is 2.55 bits per heavy atom. The van der Waals surface area contributed by atoms with Crippen molar-refractivity contribution in [3.05, 3.63) is 64.4 Å². The van der Waals surface area contributed by atoms with Crippen molar-refractivity contribution in [3.63, 3.8) is 0 Å². The van der Waals surface area contributed by atoms with E-state index in [1.54, 1.807) is 6.07 Å². The van der Waals surface area contributed by atoms with Gasteiger partial charge in [0.2, 0.25) is 0 Å². The van der Waals surface area contributed by atoms with Gasteiger partial charge in [0.1, 0.15) is 18.2 Å². The molecule has 0 spiro atoms. The fourth-order valence-electron chi connectivity index (χ4n) is 1.94. The molecule has 0 aliphatic rings. The maximum absolute atomic E-state index is 13.0. The van der Waals surface area contributed by atoms with Crippen LogP contribution in [-0.4, -0.2) is 6.04 Å². The van der Waals surface area contributed by atoms with Gasteiger partial charge in [-0.3, -0.25) is 0 Å². The van der Waals surface area contributed by atoms with Gasteiger partial charge >= 0.3 is 0 Å². The highest BCUT2D eigenvalue weighted by atomic mass is 35.5. The fraction of sp³-hybridized carbons (Fsp3) is 0.333. The van der Waals surface area contributed by atoms with E-state index < -0.39 is 0 Å². The number of benzene rings is 2. The summed E-state index contributed by atoms with van der Waals surface area (Å²) in [5.74, 6) is 0.430. The zero-order valence-corrected chi connectivity index (χ0v) is 13.7. The molecule has 0 fully saturated rings. The monoisotopic (exact) mass is 321 g/mol. The number of hydrogen-bond donors (Lipinski definition) is 1. The van der Waals surface area contributed by atoms with Crippen LogP contribution < -0.4 is 10.1 Å². The van der Waals surface area contributed by atoms with Crippen LogP contribution in [0.2, 0.25) is 5.02 Å². The van der Waals surface area contributed by atoms with E-state index in [4.69, 9.17) is 16.3 Å². The normalized spacial score (nSPS) is 12.2. The molecule has 0 radical (unpaired) electrons. The fourth-order valence-corrected chi connectivity index (χ4v) is 2.16. The Bertz CT molecular complexity index is 601. The second-order valence-corrected chi connectivity index (χ2v) is 5.77. The van der Waals surface area contributed by atoms with Crippen LogP contribution in [0, 0.1) is 5.82 Å². The van der Waals surface area contributed by atoms with Crippen LogP contribution in [0.5, 0.6) is 5.75 Å². The number of ether oxygens (including phenoxy) is 1. The molecule has 2 aromatic rings. The Morgan fingerprint density at radius 2 is 1.91 bits per heavy atom. The minimum absolute atomic E-state index is 0.323. The smallest absolute Gasteiger partial charge is 0.124 e. The van der Waals surface area contributed by atoms with Crippen molar-refractivity contribution < 1.29 is 9.13 Å². The maximum Gasteiger partial charge on any atom is 0.124 e. The molecule has 0 aliphatic heterocycles. The standard InChI is InChI=1S/C18H21ClFNO/c1-3-13(2)21-11-14-4-8-17(9-5-14)22-12-15-6-7-16(20)10-18(15)19/h4-10,13,21H,3,11-12H2,1-2H3/t13-/m0/s1. The van der Waals surface area contributed by atoms with E-state index in [2.05, 4.69) is 19.2 Å². The van der Waals surface area contributed by atoms with E-state index in [1.807, 2.05) is 24.3 Å². The van der Waals surface area contributed by atoms with Gasteiger partial charge in [-0.05, 0) is 43.2 Å². The summed E-state index contributed by atoms with van der Waals surface area (Å²) in [4.78, 5) is 0. The van der Waals surface area contributed by atoms with Gasteiger partial charge < -0.3 is 10.1 Å². The topological polar surface area (TPSA) is 21.3 Å². The van der Waals surface area contributed by atoms with Gasteiger partial charge in [-0.1, -0.05) is 36.7 Å². The predicted octanol–water partition coefficient (Wildman–Crippen LogP) is 4.95. The highest BCUT2D eigenvalue weighted by Gasteiger charge is 2.04. The lowest BCUT2D eigenvalue weighted by molar-refractivity contribution is 0.306. The number of halogens is 2. The molecule has 2 nitrogen and oxygen atoms in total. The summed E-state index contributed by atoms with van der Waals surface area (Å²) in [6.07, 6.45) is 1.11. The first-order chi connectivity index (χ1) is 10.6. The van der Waals surface area contributed by atoms with E-state index in [1.165, 1.54) is 17.7 Å². The van der Waals surface area contributed by atoms with E-state index in [0.717, 1.165) is 24.3 Å². The molecule has 22 heavy (non-hydrogen) atoms. The van der Waals surface area contributed by atoms with Crippen LogP contribution in [0.1, 0.15) is 31.4 Å². The van der Waals surface area contributed by atoms with Crippen LogP contribution in [0.15, 0.2) is 42.5 Å². The second kappa shape index (κ2) is 8.16. The van der Waals surface area contributed by atoms with Crippen LogP contribution in [0.4, 0.5) is 4.39 Å². The average molecular weight is 322 g/mol. The van der Waals surface area contributed by atoms with Gasteiger partial charge in [0.15, 0.2) is 0 Å². The van der Waals surface area contributed by atoms with Gasteiger partial charge in [-0.25, -0.2) is 4.39 Å². The molecular weight excluding hydrogens is 301 g/mol. The lowest BCUT2D eigenvalue weighted by Crippen LogP contribution is -2.24. The minimum atomic E-state index is -0.341. The first kappa shape index (κ1) is 16.8. The molecule has 0 saturated carbocycles. The summed E-state index contributed by atoms with van der Waals surface area (Å²) in [6, 6.07) is 12.8. The predicted molar refractivity (Wildman–Crippen MR) is 88.8 cm³/mol. The maximum atomic E-state index is 13.0. The number of rotatable bonds is 7. The first-order valence-corrected chi connectivity index (χ1v) is 7.85. The molecule has 0 aliphatic carbocycles. The molecule has 0 unspecified atom stereocenters. The molecule has 0 heterocycles. The largest absolute Gasteiger partial charge is 0.489 e. The lowest BCUT2D eigenvalue weighted by atomic mass is 10.2. The SMILES string of the molecule is CC[C@H](C)NCc1ccc(OCc2ccc(F)cc2Cl)cc1. The molecule has 0 aromatic heterocycles. The van der Waals surface area contributed by atoms with Crippen molar-refractivity contribution >= 4 is 11.6 Å². The van der Waals surface area contributed by atoms with Crippen molar-refractivity contribution in [2.24, 2.45) is 0 Å². The van der Waals surface area contributed by atoms with Crippen molar-refractivity contribution in [2.75, 3.05) is 0 Å². The summed E-state index contributed by atoms with van der Waals surface area (Å²) in [6.45, 7) is 5.50. The van der Waals surface area contributed by atoms with Gasteiger partial charge in [0.05, 0.1) is 5.02 Å². The summed E-state index contributed by atoms with van der Waals surface area (Å²) in [5, 5.41) is 3.83. The lowest BCUT2D eigenvalue weighted by Gasteiger charge is -2.12. The highest BCUT2D eigenvalue weighted by molar-refractivity contribution is 6.31. The summed E-state index contributed by atoms with van der Waals surface area (Å²) >= 11 is 5.98. The van der Waals surface area contributed by atoms with E-state index in [9.17, 15) is 4.39 Å². The molecule has 0 bridgehead atoms. The summed E-state index contributed by atoms with van der Waals surface area (Å²) in [7, 11) is 0. The van der Waals surface area contributed by atoms with Crippen LogP contribution >= 0.6 is 11.6 Å². The van der Waals surface area contributed by atoms with Crippen LogP contribution in [0.3, 0.4) is 0 Å². The quantitative estimate of drug-likeness (QED) is 0.779. The van der Waals surface area contributed by atoms with Gasteiger partial charge in [0.25, 0.3) is 0 Å². The van der Waals surface area contributed by atoms with E-state index in [-0.39, 0.29) is 5.82 Å². The molecule has 2 rings (SSSR count). The van der Waals surface area contributed by atoms with Crippen molar-refractivity contribution in [3.8, 4) is 5.75 Å². The second-order valence-electron chi connectivity index (χ2n) is 5.36. The third-order valence-corrected chi connectivity index (χ3v) is 3.95. The molecule has 0 saturated heterocycles. The number of nitrogens with one attached hydrogen (secondary N) is 1. The Kier molecular flexibility index (Phi) is 6.22. The van der Waals surface area contributed by atoms with E-state index in [0.29, 0.717) is 17.7 Å². The average Bonchev–Trinajstić information content (AvgIpc) is 2.52. The first-order valence-electron chi connectivity index (χ1n) is 7.47. The third kappa shape index (κ3) is 5.00. The summed E-state index contributed by atoms with van der Waals surface area (Å²) in [5.41, 5.74) is 1.98. The Hall–Kier alpha value is -1.58. The van der Waals surface area contributed by atoms with Crippen LogP contribution in [0.25, 0.3) is 0 Å². The van der Waals surface area contributed by atoms with Gasteiger partial charge in [0, 0.05) is 18.2 Å². The van der Waals surface area contributed by atoms with Gasteiger partial charge in [-0.2, -0.15) is 0 Å². The zero-order chi connectivity index (χ0) is 15.9. The van der Waals surface area contributed by atoms with Gasteiger partial charge in [-0.15, -0.1) is 0 Å². The molecule has 118 valence electrons. The third-order valence-electron chi connectivity index (χ3n) is 3.60. The van der Waals surface area contributed by atoms with Crippen molar-refractivity contribution in [1.82, 2.24) is 5.32 Å². The molecule has 1 N–H and O–H groups in total. The molecule has 1 atom stereocenters. The molecule has 0 amide bonds. The van der Waals surface area contributed by atoms with Crippen molar-refractivity contribution in [2.45, 2.75) is 39.5 Å². The molecular formula is C18H21ClFNO. The Morgan fingerprint density at radius 1 is 1.18 bits per heavy atom. The van der Waals surface area contributed by atoms with Crippen LogP contribution in [-0.2, 0) is 13.2 Å².